The van der Waals surface area contributed by atoms with Crippen LogP contribution in [0.1, 0.15) is 16.8 Å². The molecule has 3 heterocycles. The molecule has 1 amide bonds. The van der Waals surface area contributed by atoms with Crippen molar-refractivity contribution in [3.05, 3.63) is 60.2 Å². The van der Waals surface area contributed by atoms with E-state index in [1.165, 1.54) is 0 Å². The molecule has 9 nitrogen and oxygen atoms in total. The number of rotatable bonds is 1. The molecule has 3 aromatic rings. The van der Waals surface area contributed by atoms with Crippen molar-refractivity contribution >= 4 is 24.3 Å². The zero-order chi connectivity index (χ0) is 21.1. The minimum Gasteiger partial charge on any atom is -0.492 e. The highest BCUT2D eigenvalue weighted by molar-refractivity contribution is 6.58. The van der Waals surface area contributed by atoms with Crippen LogP contribution >= 0.6 is 0 Å². The number of hydrogen-bond donors (Lipinski definition) is 3. The molecule has 1 aliphatic heterocycles. The van der Waals surface area contributed by atoms with Crippen molar-refractivity contribution in [2.75, 3.05) is 11.9 Å². The number of carbonyl (C=O) groups is 1. The smallest absolute Gasteiger partial charge is 0.491 e. The van der Waals surface area contributed by atoms with Gasteiger partial charge in [0.2, 0.25) is 0 Å². The number of halogens is 1. The van der Waals surface area contributed by atoms with E-state index in [1.54, 1.807) is 24.5 Å². The van der Waals surface area contributed by atoms with Gasteiger partial charge in [0.1, 0.15) is 29.4 Å². The lowest BCUT2D eigenvalue weighted by molar-refractivity contribution is 0.102. The normalized spacial score (nSPS) is 15.0. The van der Waals surface area contributed by atoms with E-state index in [0.717, 1.165) is 12.1 Å². The van der Waals surface area contributed by atoms with Gasteiger partial charge in [0.25, 0.3) is 5.91 Å². The summed E-state index contributed by atoms with van der Waals surface area (Å²) >= 11 is 0. The number of fused-ring (bicyclic) bond motifs is 5. The third kappa shape index (κ3) is 4.07. The second-order valence-electron chi connectivity index (χ2n) is 6.52. The number of hydrogen-bond acceptors (Lipinski definition) is 7. The van der Waals surface area contributed by atoms with Crippen molar-refractivity contribution in [2.24, 2.45) is 0 Å². The van der Waals surface area contributed by atoms with E-state index in [4.69, 9.17) is 4.74 Å². The van der Waals surface area contributed by atoms with Gasteiger partial charge in [0, 0.05) is 18.1 Å². The summed E-state index contributed by atoms with van der Waals surface area (Å²) in [6.07, 6.45) is 5.89. The van der Waals surface area contributed by atoms with E-state index in [2.05, 4.69) is 20.5 Å². The summed E-state index contributed by atoms with van der Waals surface area (Å²) in [7, 11) is -2.07. The van der Waals surface area contributed by atoms with Crippen LogP contribution < -0.4 is 15.5 Å². The lowest BCUT2D eigenvalue weighted by Gasteiger charge is -2.14. The van der Waals surface area contributed by atoms with E-state index in [9.17, 15) is 19.2 Å². The number of nitrogens with zero attached hydrogens (tertiary/aromatic N) is 4. The van der Waals surface area contributed by atoms with E-state index in [1.807, 2.05) is 16.7 Å². The Hall–Kier alpha value is -3.57. The van der Waals surface area contributed by atoms with Gasteiger partial charge in [-0.15, -0.1) is 10.2 Å². The minimum absolute atomic E-state index is 0.00838. The zero-order valence-corrected chi connectivity index (χ0v) is 15.7. The number of amides is 1. The maximum absolute atomic E-state index is 14.2. The summed E-state index contributed by atoms with van der Waals surface area (Å²) in [5, 5.41) is 29.4. The summed E-state index contributed by atoms with van der Waals surface area (Å²) in [6, 6.07) is 7.06. The Labute approximate surface area is 171 Å². The molecular formula is C19H17BFN5O4. The Kier molecular flexibility index (Phi) is 5.55. The van der Waals surface area contributed by atoms with Crippen molar-refractivity contribution in [2.45, 2.75) is 13.0 Å². The molecule has 30 heavy (non-hydrogen) atoms. The second-order valence-corrected chi connectivity index (χ2v) is 6.52. The average Bonchev–Trinajstić information content (AvgIpc) is 3.18. The molecule has 11 heteroatoms. The van der Waals surface area contributed by atoms with Crippen LogP contribution in [0.2, 0.25) is 0 Å². The third-order valence-electron chi connectivity index (χ3n) is 4.47. The number of pyridine rings is 1. The van der Waals surface area contributed by atoms with Crippen LogP contribution in [0, 0.1) is 5.82 Å². The molecular weight excluding hydrogens is 392 g/mol. The summed E-state index contributed by atoms with van der Waals surface area (Å²) in [4.78, 5) is 17.3. The molecule has 0 fully saturated rings. The predicted octanol–water partition coefficient (Wildman–Crippen LogP) is 0.750. The number of carbonyl (C=O) groups excluding carboxylic acids is 1. The summed E-state index contributed by atoms with van der Waals surface area (Å²) in [5.41, 5.74) is 0.0319. The molecule has 0 saturated heterocycles. The number of anilines is 1. The highest BCUT2D eigenvalue weighted by atomic mass is 19.1. The molecule has 0 radical (unpaired) electrons. The van der Waals surface area contributed by atoms with Gasteiger partial charge < -0.3 is 24.7 Å². The molecule has 0 saturated carbocycles. The second kappa shape index (κ2) is 8.43. The first-order valence-corrected chi connectivity index (χ1v) is 9.17. The van der Waals surface area contributed by atoms with Crippen LogP contribution in [0.5, 0.6) is 5.75 Å². The SMILES string of the molecule is O=C1Nc2cccc(n2)-c2nncn2C/C=C\CCOc2cc(F)c(B(O)O)cc21. The highest BCUT2D eigenvalue weighted by Gasteiger charge is 2.23. The molecule has 3 N–H and O–H groups in total. The molecule has 152 valence electrons. The molecule has 4 rings (SSSR count). The molecule has 0 atom stereocenters. The van der Waals surface area contributed by atoms with Gasteiger partial charge in [0.15, 0.2) is 5.82 Å². The van der Waals surface area contributed by atoms with Gasteiger partial charge in [-0.1, -0.05) is 18.2 Å². The molecule has 1 aliphatic rings. The van der Waals surface area contributed by atoms with Gasteiger partial charge >= 0.3 is 7.12 Å². The first-order valence-electron chi connectivity index (χ1n) is 9.17. The number of allylic oxidation sites excluding steroid dienone is 1. The maximum Gasteiger partial charge on any atom is 0.491 e. The minimum atomic E-state index is -2.07. The third-order valence-corrected chi connectivity index (χ3v) is 4.47. The van der Waals surface area contributed by atoms with Crippen molar-refractivity contribution in [1.82, 2.24) is 19.7 Å². The number of benzene rings is 1. The summed E-state index contributed by atoms with van der Waals surface area (Å²) < 4.78 is 21.6. The zero-order valence-electron chi connectivity index (χ0n) is 15.7. The van der Waals surface area contributed by atoms with Crippen molar-refractivity contribution in [3.8, 4) is 17.3 Å². The number of ether oxygens (including phenoxy) is 1. The molecule has 2 aromatic heterocycles. The average molecular weight is 409 g/mol. The molecule has 0 spiro atoms. The standard InChI is InChI=1S/C19H17BFN5O4/c21-14-10-16-12(9-13(14)20(28)29)19(27)24-17-6-4-5-15(23-17)18-25-22-11-26(18)7-2-1-3-8-30-16/h1-2,4-6,9-11,28-29H,3,7-8H2,(H,23,24,27)/b2-1-. The van der Waals surface area contributed by atoms with Crippen LogP contribution in [0.3, 0.4) is 0 Å². The number of nitrogens with one attached hydrogen (secondary N) is 1. The van der Waals surface area contributed by atoms with E-state index in [-0.39, 0.29) is 23.7 Å². The van der Waals surface area contributed by atoms with Crippen molar-refractivity contribution in [3.63, 3.8) is 0 Å². The first-order chi connectivity index (χ1) is 14.5. The van der Waals surface area contributed by atoms with Crippen LogP contribution in [0.15, 0.2) is 48.8 Å². The Bertz CT molecular complexity index is 1120. The van der Waals surface area contributed by atoms with E-state index in [0.29, 0.717) is 24.5 Å². The lowest BCUT2D eigenvalue weighted by atomic mass is 9.79. The van der Waals surface area contributed by atoms with Gasteiger partial charge in [-0.2, -0.15) is 0 Å². The fraction of sp³-hybridized carbons (Fsp3) is 0.158. The molecule has 0 unspecified atom stereocenters. The molecule has 2 bridgehead atoms. The Morgan fingerprint density at radius 3 is 2.93 bits per heavy atom. The maximum atomic E-state index is 14.2. The van der Waals surface area contributed by atoms with Crippen LogP contribution in [-0.2, 0) is 6.54 Å². The van der Waals surface area contributed by atoms with Crippen LogP contribution in [0.25, 0.3) is 11.5 Å². The van der Waals surface area contributed by atoms with Crippen molar-refractivity contribution < 1.29 is 24.0 Å². The van der Waals surface area contributed by atoms with Crippen LogP contribution in [0.4, 0.5) is 10.2 Å². The first kappa shape index (κ1) is 19.7. The monoisotopic (exact) mass is 409 g/mol. The fourth-order valence-corrected chi connectivity index (χ4v) is 3.01. The lowest BCUT2D eigenvalue weighted by Crippen LogP contribution is -2.34. The highest BCUT2D eigenvalue weighted by Crippen LogP contribution is 2.22. The Balaban J connectivity index is 1.77. The Morgan fingerprint density at radius 1 is 1.23 bits per heavy atom. The topological polar surface area (TPSA) is 122 Å². The summed E-state index contributed by atoms with van der Waals surface area (Å²) in [5.74, 6) is -0.758. The Morgan fingerprint density at radius 2 is 2.10 bits per heavy atom. The quantitative estimate of drug-likeness (QED) is 0.401. The van der Waals surface area contributed by atoms with Crippen LogP contribution in [-0.4, -0.2) is 49.4 Å². The van der Waals surface area contributed by atoms with E-state index < -0.39 is 24.3 Å². The number of aromatic nitrogens is 4. The summed E-state index contributed by atoms with van der Waals surface area (Å²) in [6.45, 7) is 0.710. The largest absolute Gasteiger partial charge is 0.492 e. The predicted molar refractivity (Wildman–Crippen MR) is 107 cm³/mol. The van der Waals surface area contributed by atoms with Gasteiger partial charge in [-0.3, -0.25) is 4.79 Å². The fourth-order valence-electron chi connectivity index (χ4n) is 3.01. The van der Waals surface area contributed by atoms with Gasteiger partial charge in [-0.05, 0) is 24.6 Å². The van der Waals surface area contributed by atoms with Crippen molar-refractivity contribution in [1.29, 1.82) is 0 Å². The van der Waals surface area contributed by atoms with Gasteiger partial charge in [-0.25, -0.2) is 9.37 Å². The van der Waals surface area contributed by atoms with Gasteiger partial charge in [0.05, 0.1) is 12.2 Å². The molecule has 0 aliphatic carbocycles. The van der Waals surface area contributed by atoms with E-state index >= 15 is 0 Å². The molecule has 1 aromatic carbocycles.